The zero-order chi connectivity index (χ0) is 15.7. The van der Waals surface area contributed by atoms with Crippen LogP contribution in [0.2, 0.25) is 0 Å². The number of hydrogen-bond acceptors (Lipinski definition) is 5. The molecule has 1 aromatic rings. The molecule has 0 radical (unpaired) electrons. The SMILES string of the molecule is CC(C)OCCCNC(=O)NC(=O)CSc1nccn1C. The van der Waals surface area contributed by atoms with Gasteiger partial charge in [0, 0.05) is 32.6 Å². The van der Waals surface area contributed by atoms with Gasteiger partial charge in [-0.3, -0.25) is 10.1 Å². The van der Waals surface area contributed by atoms with Gasteiger partial charge in [-0.1, -0.05) is 11.8 Å². The molecular weight excluding hydrogens is 292 g/mol. The summed E-state index contributed by atoms with van der Waals surface area (Å²) < 4.78 is 7.16. The van der Waals surface area contributed by atoms with Crippen LogP contribution in [0.25, 0.3) is 0 Å². The molecule has 0 aliphatic heterocycles. The van der Waals surface area contributed by atoms with Crippen LogP contribution in [0, 0.1) is 0 Å². The van der Waals surface area contributed by atoms with Crippen molar-refractivity contribution in [3.05, 3.63) is 12.4 Å². The number of nitrogens with zero attached hydrogens (tertiary/aromatic N) is 2. The minimum absolute atomic E-state index is 0.148. The number of aromatic nitrogens is 2. The maximum absolute atomic E-state index is 11.6. The van der Waals surface area contributed by atoms with E-state index in [1.807, 2.05) is 25.5 Å². The maximum atomic E-state index is 11.6. The van der Waals surface area contributed by atoms with E-state index >= 15 is 0 Å². The molecule has 2 N–H and O–H groups in total. The van der Waals surface area contributed by atoms with Crippen LogP contribution < -0.4 is 10.6 Å². The van der Waals surface area contributed by atoms with Gasteiger partial charge < -0.3 is 14.6 Å². The van der Waals surface area contributed by atoms with Crippen molar-refractivity contribution in [2.45, 2.75) is 31.5 Å². The third-order valence-electron chi connectivity index (χ3n) is 2.42. The summed E-state index contributed by atoms with van der Waals surface area (Å²) in [6.45, 7) is 4.97. The molecule has 0 atom stereocenters. The summed E-state index contributed by atoms with van der Waals surface area (Å²) in [6, 6.07) is -0.481. The van der Waals surface area contributed by atoms with Crippen molar-refractivity contribution >= 4 is 23.7 Å². The Labute approximate surface area is 128 Å². The number of hydrogen-bond donors (Lipinski definition) is 2. The molecule has 0 aliphatic carbocycles. The van der Waals surface area contributed by atoms with Crippen molar-refractivity contribution in [3.8, 4) is 0 Å². The zero-order valence-electron chi connectivity index (χ0n) is 12.6. The van der Waals surface area contributed by atoms with Crippen molar-refractivity contribution in [2.24, 2.45) is 7.05 Å². The van der Waals surface area contributed by atoms with E-state index in [1.54, 1.807) is 12.4 Å². The summed E-state index contributed by atoms with van der Waals surface area (Å²) in [6.07, 6.45) is 4.35. The Bertz CT molecular complexity index is 462. The number of nitrogens with one attached hydrogen (secondary N) is 2. The Morgan fingerprint density at radius 1 is 1.48 bits per heavy atom. The van der Waals surface area contributed by atoms with Crippen LogP contribution in [0.1, 0.15) is 20.3 Å². The van der Waals surface area contributed by atoms with Crippen LogP contribution in [0.4, 0.5) is 4.79 Å². The quantitative estimate of drug-likeness (QED) is 0.555. The molecule has 0 saturated carbocycles. The van der Waals surface area contributed by atoms with Gasteiger partial charge in [0.15, 0.2) is 5.16 Å². The molecular formula is C13H22N4O3S. The number of carbonyl (C=O) groups excluding carboxylic acids is 2. The van der Waals surface area contributed by atoms with Crippen molar-refractivity contribution in [2.75, 3.05) is 18.9 Å². The highest BCUT2D eigenvalue weighted by atomic mass is 32.2. The average Bonchev–Trinajstić information content (AvgIpc) is 2.81. The average molecular weight is 314 g/mol. The second kappa shape index (κ2) is 9.41. The van der Waals surface area contributed by atoms with Gasteiger partial charge in [0.1, 0.15) is 0 Å². The number of aryl methyl sites for hydroxylation is 1. The fourth-order valence-corrected chi connectivity index (χ4v) is 2.15. The normalized spacial score (nSPS) is 10.7. The van der Waals surface area contributed by atoms with E-state index in [2.05, 4.69) is 15.6 Å². The fourth-order valence-electron chi connectivity index (χ4n) is 1.42. The molecule has 1 rings (SSSR count). The van der Waals surface area contributed by atoms with Crippen LogP contribution in [0.3, 0.4) is 0 Å². The lowest BCUT2D eigenvalue weighted by atomic mass is 10.4. The highest BCUT2D eigenvalue weighted by Gasteiger charge is 2.09. The number of amides is 3. The lowest BCUT2D eigenvalue weighted by Crippen LogP contribution is -2.40. The fraction of sp³-hybridized carbons (Fsp3) is 0.615. The monoisotopic (exact) mass is 314 g/mol. The van der Waals surface area contributed by atoms with Gasteiger partial charge in [0.05, 0.1) is 11.9 Å². The summed E-state index contributed by atoms with van der Waals surface area (Å²) >= 11 is 1.28. The Hall–Kier alpha value is -1.54. The van der Waals surface area contributed by atoms with E-state index in [9.17, 15) is 9.59 Å². The zero-order valence-corrected chi connectivity index (χ0v) is 13.4. The topological polar surface area (TPSA) is 85.2 Å². The number of thioether (sulfide) groups is 1. The molecule has 0 spiro atoms. The van der Waals surface area contributed by atoms with E-state index in [1.165, 1.54) is 11.8 Å². The Morgan fingerprint density at radius 2 is 2.24 bits per heavy atom. The number of rotatable bonds is 8. The van der Waals surface area contributed by atoms with Gasteiger partial charge in [-0.05, 0) is 20.3 Å². The number of imide groups is 1. The second-order valence-corrected chi connectivity index (χ2v) is 5.63. The van der Waals surface area contributed by atoms with Crippen molar-refractivity contribution in [1.82, 2.24) is 20.2 Å². The highest BCUT2D eigenvalue weighted by Crippen LogP contribution is 2.13. The van der Waals surface area contributed by atoms with E-state index in [-0.39, 0.29) is 17.8 Å². The van der Waals surface area contributed by atoms with Gasteiger partial charge in [-0.25, -0.2) is 9.78 Å². The molecule has 3 amide bonds. The van der Waals surface area contributed by atoms with Crippen molar-refractivity contribution < 1.29 is 14.3 Å². The van der Waals surface area contributed by atoms with Crippen LogP contribution in [0.5, 0.6) is 0 Å². The summed E-state index contributed by atoms with van der Waals surface area (Å²) in [7, 11) is 1.85. The number of urea groups is 1. The van der Waals surface area contributed by atoms with E-state index < -0.39 is 6.03 Å². The highest BCUT2D eigenvalue weighted by molar-refractivity contribution is 7.99. The first-order valence-electron chi connectivity index (χ1n) is 6.78. The molecule has 0 fully saturated rings. The van der Waals surface area contributed by atoms with Gasteiger partial charge in [-0.2, -0.15) is 0 Å². The van der Waals surface area contributed by atoms with Crippen molar-refractivity contribution in [3.63, 3.8) is 0 Å². The minimum Gasteiger partial charge on any atom is -0.379 e. The van der Waals surface area contributed by atoms with Crippen LogP contribution >= 0.6 is 11.8 Å². The maximum Gasteiger partial charge on any atom is 0.321 e. The van der Waals surface area contributed by atoms with Crippen LogP contribution in [0.15, 0.2) is 17.6 Å². The molecule has 0 saturated heterocycles. The molecule has 0 bridgehead atoms. The van der Waals surface area contributed by atoms with Crippen LogP contribution in [-0.4, -0.2) is 46.5 Å². The van der Waals surface area contributed by atoms with Gasteiger partial charge >= 0.3 is 6.03 Å². The predicted octanol–water partition coefficient (Wildman–Crippen LogP) is 1.15. The summed E-state index contributed by atoms with van der Waals surface area (Å²) in [5.74, 6) is -0.201. The van der Waals surface area contributed by atoms with E-state index in [0.29, 0.717) is 19.6 Å². The number of imidazole rings is 1. The predicted molar refractivity (Wildman–Crippen MR) is 81.2 cm³/mol. The molecule has 21 heavy (non-hydrogen) atoms. The van der Waals surface area contributed by atoms with Gasteiger partial charge in [-0.15, -0.1) is 0 Å². The first-order valence-corrected chi connectivity index (χ1v) is 7.77. The molecule has 1 heterocycles. The molecule has 0 aromatic carbocycles. The Balaban J connectivity index is 2.10. The summed E-state index contributed by atoms with van der Waals surface area (Å²) in [4.78, 5) is 27.1. The van der Waals surface area contributed by atoms with E-state index in [4.69, 9.17) is 4.74 Å². The standard InChI is InChI=1S/C13H22N4O3S/c1-10(2)20-8-4-5-14-12(19)16-11(18)9-21-13-15-6-7-17(13)3/h6-7,10H,4-5,8-9H2,1-3H3,(H2,14,16,18,19). The molecule has 0 aliphatic rings. The molecule has 0 unspecified atom stereocenters. The largest absolute Gasteiger partial charge is 0.379 e. The summed E-state index contributed by atoms with van der Waals surface area (Å²) in [5.41, 5.74) is 0. The Kier molecular flexibility index (Phi) is 7.84. The smallest absolute Gasteiger partial charge is 0.321 e. The lowest BCUT2D eigenvalue weighted by Gasteiger charge is -2.08. The molecule has 1 aromatic heterocycles. The van der Waals surface area contributed by atoms with E-state index in [0.717, 1.165) is 5.16 Å². The third-order valence-corrected chi connectivity index (χ3v) is 3.48. The van der Waals surface area contributed by atoms with Crippen molar-refractivity contribution in [1.29, 1.82) is 0 Å². The lowest BCUT2D eigenvalue weighted by molar-refractivity contribution is -0.117. The molecule has 8 heteroatoms. The summed E-state index contributed by atoms with van der Waals surface area (Å²) in [5, 5.41) is 5.62. The third kappa shape index (κ3) is 7.72. The molecule has 118 valence electrons. The second-order valence-electron chi connectivity index (χ2n) is 4.69. The Morgan fingerprint density at radius 3 is 2.86 bits per heavy atom. The first-order chi connectivity index (χ1) is 9.99. The van der Waals surface area contributed by atoms with Crippen LogP contribution in [-0.2, 0) is 16.6 Å². The van der Waals surface area contributed by atoms with Gasteiger partial charge in [0.25, 0.3) is 0 Å². The molecule has 7 nitrogen and oxygen atoms in total. The minimum atomic E-state index is -0.481. The van der Waals surface area contributed by atoms with Gasteiger partial charge in [0.2, 0.25) is 5.91 Å². The number of carbonyl (C=O) groups is 2. The first kappa shape index (κ1) is 17.5. The number of ether oxygens (including phenoxy) is 1.